The van der Waals surface area contributed by atoms with Gasteiger partial charge in [-0.2, -0.15) is 17.0 Å². The Balaban J connectivity index is 1.73. The molecule has 0 aliphatic carbocycles. The summed E-state index contributed by atoms with van der Waals surface area (Å²) in [4.78, 5) is 2.29. The highest BCUT2D eigenvalue weighted by molar-refractivity contribution is 7.86. The van der Waals surface area contributed by atoms with Crippen molar-refractivity contribution >= 4 is 10.2 Å². The lowest BCUT2D eigenvalue weighted by Gasteiger charge is -2.37. The third kappa shape index (κ3) is 3.44. The van der Waals surface area contributed by atoms with Crippen LogP contribution in [0.3, 0.4) is 0 Å². The molecule has 128 valence electrons. The maximum absolute atomic E-state index is 12.5. The summed E-state index contributed by atoms with van der Waals surface area (Å²) < 4.78 is 33.8. The molecular weight excluding hydrogens is 314 g/mol. The number of morpholine rings is 1. The molecule has 1 aromatic rings. The first-order valence-electron chi connectivity index (χ1n) is 7.97. The highest BCUT2D eigenvalue weighted by Gasteiger charge is 2.45. The fourth-order valence-electron chi connectivity index (χ4n) is 3.43. The van der Waals surface area contributed by atoms with Gasteiger partial charge in [-0.25, -0.2) is 0 Å². The van der Waals surface area contributed by atoms with E-state index in [2.05, 4.69) is 36.1 Å². The third-order valence-electron chi connectivity index (χ3n) is 4.57. The van der Waals surface area contributed by atoms with Crippen LogP contribution in [0, 0.1) is 6.92 Å². The molecule has 0 unspecified atom stereocenters. The predicted octanol–water partition coefficient (Wildman–Crippen LogP) is 0.686. The molecule has 0 amide bonds. The number of likely N-dealkylation sites (tertiary alicyclic amines) is 1. The van der Waals surface area contributed by atoms with Gasteiger partial charge in [0.05, 0.1) is 18.8 Å². The van der Waals surface area contributed by atoms with Gasteiger partial charge in [0.2, 0.25) is 0 Å². The summed E-state index contributed by atoms with van der Waals surface area (Å²) in [6, 6.07) is 8.34. The van der Waals surface area contributed by atoms with Crippen molar-refractivity contribution in [2.75, 3.05) is 40.3 Å². The molecule has 23 heavy (non-hydrogen) atoms. The number of benzene rings is 1. The maximum atomic E-state index is 12.5. The lowest BCUT2D eigenvalue weighted by atomic mass is 10.1. The van der Waals surface area contributed by atoms with Gasteiger partial charge in [-0.15, -0.1) is 0 Å². The van der Waals surface area contributed by atoms with Crippen LogP contribution in [-0.2, 0) is 21.5 Å². The Hall–Kier alpha value is -0.990. The molecule has 2 aliphatic heterocycles. The van der Waals surface area contributed by atoms with E-state index in [1.54, 1.807) is 18.4 Å². The van der Waals surface area contributed by atoms with Crippen LogP contribution < -0.4 is 0 Å². The zero-order valence-electron chi connectivity index (χ0n) is 14.0. The van der Waals surface area contributed by atoms with E-state index < -0.39 is 10.2 Å². The molecule has 0 radical (unpaired) electrons. The van der Waals surface area contributed by atoms with Gasteiger partial charge in [0.1, 0.15) is 0 Å². The standard InChI is InChI=1S/C16H25N3O3S/c1-13-5-4-6-14(9-13)10-18-11-15-16(12-18)22-8-7-19(15)23(20,21)17(2)3/h4-6,9,15-16H,7-8,10-12H2,1-3H3/t15-,16+/m1/s1. The van der Waals surface area contributed by atoms with Crippen molar-refractivity contribution in [1.29, 1.82) is 0 Å². The Bertz CT molecular complexity index is 662. The van der Waals surface area contributed by atoms with Crippen molar-refractivity contribution in [3.05, 3.63) is 35.4 Å². The van der Waals surface area contributed by atoms with Crippen molar-refractivity contribution in [1.82, 2.24) is 13.5 Å². The lowest BCUT2D eigenvalue weighted by molar-refractivity contribution is -0.0176. The predicted molar refractivity (Wildman–Crippen MR) is 89.3 cm³/mol. The zero-order chi connectivity index (χ0) is 16.6. The molecule has 2 aliphatic rings. The highest BCUT2D eigenvalue weighted by Crippen LogP contribution is 2.27. The van der Waals surface area contributed by atoms with Gasteiger partial charge in [-0.3, -0.25) is 4.90 Å². The summed E-state index contributed by atoms with van der Waals surface area (Å²) in [7, 11) is -0.232. The fourth-order valence-corrected chi connectivity index (χ4v) is 4.70. The number of aryl methyl sites for hydroxylation is 1. The van der Waals surface area contributed by atoms with Crippen molar-refractivity contribution in [3.8, 4) is 0 Å². The molecule has 3 rings (SSSR count). The van der Waals surface area contributed by atoms with Crippen LogP contribution in [-0.4, -0.2) is 74.4 Å². The first-order valence-corrected chi connectivity index (χ1v) is 9.36. The minimum Gasteiger partial charge on any atom is -0.374 e. The number of nitrogens with zero attached hydrogens (tertiary/aromatic N) is 3. The average Bonchev–Trinajstić information content (AvgIpc) is 2.88. The first kappa shape index (κ1) is 16.9. The van der Waals surface area contributed by atoms with Crippen LogP contribution in [0.4, 0.5) is 0 Å². The van der Waals surface area contributed by atoms with Gasteiger partial charge in [0.25, 0.3) is 10.2 Å². The lowest BCUT2D eigenvalue weighted by Crippen LogP contribution is -2.55. The minimum atomic E-state index is -3.40. The number of rotatable bonds is 4. The van der Waals surface area contributed by atoms with Crippen LogP contribution in [0.1, 0.15) is 11.1 Å². The summed E-state index contributed by atoms with van der Waals surface area (Å²) in [6.45, 7) is 5.30. The summed E-state index contributed by atoms with van der Waals surface area (Å²) in [5, 5.41) is 0. The quantitative estimate of drug-likeness (QED) is 0.810. The summed E-state index contributed by atoms with van der Waals surface area (Å²) in [5.41, 5.74) is 2.50. The maximum Gasteiger partial charge on any atom is 0.281 e. The molecule has 1 aromatic carbocycles. The largest absolute Gasteiger partial charge is 0.374 e. The molecule has 7 heteroatoms. The zero-order valence-corrected chi connectivity index (χ0v) is 14.8. The van der Waals surface area contributed by atoms with Gasteiger partial charge in [-0.05, 0) is 12.5 Å². The fraction of sp³-hybridized carbons (Fsp3) is 0.625. The Morgan fingerprint density at radius 3 is 2.78 bits per heavy atom. The van der Waals surface area contributed by atoms with E-state index in [-0.39, 0.29) is 12.1 Å². The molecule has 6 nitrogen and oxygen atoms in total. The van der Waals surface area contributed by atoms with E-state index >= 15 is 0 Å². The Labute approximate surface area is 138 Å². The second-order valence-corrected chi connectivity index (χ2v) is 8.66. The number of hydrogen-bond donors (Lipinski definition) is 0. The molecule has 2 saturated heterocycles. The number of hydrogen-bond acceptors (Lipinski definition) is 4. The normalized spacial score (nSPS) is 26.6. The first-order chi connectivity index (χ1) is 10.9. The van der Waals surface area contributed by atoms with Gasteiger partial charge < -0.3 is 4.74 Å². The Morgan fingerprint density at radius 1 is 1.30 bits per heavy atom. The molecule has 0 spiro atoms. The second-order valence-electron chi connectivity index (χ2n) is 6.56. The topological polar surface area (TPSA) is 53.1 Å². The van der Waals surface area contributed by atoms with E-state index in [0.717, 1.165) is 13.1 Å². The molecule has 2 atom stereocenters. The molecule has 0 bridgehead atoms. The van der Waals surface area contributed by atoms with Gasteiger partial charge in [-0.1, -0.05) is 29.8 Å². The van der Waals surface area contributed by atoms with E-state index in [0.29, 0.717) is 19.7 Å². The molecular formula is C16H25N3O3S. The van der Waals surface area contributed by atoms with Crippen LogP contribution >= 0.6 is 0 Å². The smallest absolute Gasteiger partial charge is 0.281 e. The van der Waals surface area contributed by atoms with Crippen LogP contribution in [0.2, 0.25) is 0 Å². The van der Waals surface area contributed by atoms with Crippen LogP contribution in [0.15, 0.2) is 24.3 Å². The summed E-state index contributed by atoms with van der Waals surface area (Å²) in [5.74, 6) is 0. The summed E-state index contributed by atoms with van der Waals surface area (Å²) >= 11 is 0. The van der Waals surface area contributed by atoms with Crippen molar-refractivity contribution in [3.63, 3.8) is 0 Å². The molecule has 0 aromatic heterocycles. The van der Waals surface area contributed by atoms with E-state index in [1.165, 1.54) is 15.4 Å². The van der Waals surface area contributed by atoms with Crippen molar-refractivity contribution in [2.24, 2.45) is 0 Å². The average molecular weight is 339 g/mol. The molecule has 0 N–H and O–H groups in total. The van der Waals surface area contributed by atoms with E-state index in [1.807, 2.05) is 0 Å². The van der Waals surface area contributed by atoms with Gasteiger partial charge >= 0.3 is 0 Å². The molecule has 0 saturated carbocycles. The Kier molecular flexibility index (Phi) is 4.75. The van der Waals surface area contributed by atoms with Gasteiger partial charge in [0, 0.05) is 40.3 Å². The molecule has 2 heterocycles. The molecule has 2 fully saturated rings. The second kappa shape index (κ2) is 6.49. The highest BCUT2D eigenvalue weighted by atomic mass is 32.2. The van der Waals surface area contributed by atoms with Crippen molar-refractivity contribution in [2.45, 2.75) is 25.6 Å². The van der Waals surface area contributed by atoms with Gasteiger partial charge in [0.15, 0.2) is 0 Å². The van der Waals surface area contributed by atoms with Crippen LogP contribution in [0.5, 0.6) is 0 Å². The number of ether oxygens (including phenoxy) is 1. The SMILES string of the molecule is Cc1cccc(CN2C[C@@H]3OCCN(S(=O)(=O)N(C)C)[C@@H]3C2)c1. The van der Waals surface area contributed by atoms with Crippen molar-refractivity contribution < 1.29 is 13.2 Å². The Morgan fingerprint density at radius 2 is 2.09 bits per heavy atom. The van der Waals surface area contributed by atoms with E-state index in [9.17, 15) is 8.42 Å². The summed E-state index contributed by atoms with van der Waals surface area (Å²) in [6.07, 6.45) is -0.0386. The minimum absolute atomic E-state index is 0.0386. The monoisotopic (exact) mass is 339 g/mol. The number of fused-ring (bicyclic) bond motifs is 1. The van der Waals surface area contributed by atoms with E-state index in [4.69, 9.17) is 4.74 Å². The van der Waals surface area contributed by atoms with Crippen LogP contribution in [0.25, 0.3) is 0 Å². The third-order valence-corrected chi connectivity index (χ3v) is 6.54.